The summed E-state index contributed by atoms with van der Waals surface area (Å²) in [4.78, 5) is 4.83. The van der Waals surface area contributed by atoms with Gasteiger partial charge < -0.3 is 15.1 Å². The van der Waals surface area contributed by atoms with Crippen LogP contribution in [0.4, 0.5) is 0 Å². The number of rotatable bonds is 6. The van der Waals surface area contributed by atoms with Crippen molar-refractivity contribution in [3.05, 3.63) is 23.7 Å². The molecule has 1 aromatic heterocycles. The van der Waals surface area contributed by atoms with E-state index in [1.54, 1.807) is 6.26 Å². The molecule has 4 nitrogen and oxygen atoms in total. The zero-order valence-electron chi connectivity index (χ0n) is 10.7. The van der Waals surface area contributed by atoms with E-state index in [0.29, 0.717) is 6.54 Å². The maximum absolute atomic E-state index is 5.56. The van der Waals surface area contributed by atoms with Crippen LogP contribution >= 0.6 is 0 Å². The smallest absolute Gasteiger partial charge is 0.118 e. The summed E-state index contributed by atoms with van der Waals surface area (Å²) in [5.41, 5.74) is 6.63. The predicted octanol–water partition coefficient (Wildman–Crippen LogP) is 1.27. The average molecular weight is 237 g/mol. The minimum Gasteiger partial charge on any atom is -0.468 e. The number of nitrogens with two attached hydrogens (primary N) is 1. The molecule has 1 fully saturated rings. The molecule has 0 radical (unpaired) electrons. The zero-order valence-corrected chi connectivity index (χ0v) is 10.7. The highest BCUT2D eigenvalue weighted by molar-refractivity contribution is 5.12. The van der Waals surface area contributed by atoms with Crippen LogP contribution in [-0.2, 0) is 13.1 Å². The van der Waals surface area contributed by atoms with Gasteiger partial charge in [-0.15, -0.1) is 0 Å². The van der Waals surface area contributed by atoms with Gasteiger partial charge in [0.1, 0.15) is 5.76 Å². The molecule has 2 heterocycles. The van der Waals surface area contributed by atoms with E-state index in [4.69, 9.17) is 10.2 Å². The molecule has 96 valence electrons. The van der Waals surface area contributed by atoms with Crippen LogP contribution in [0, 0.1) is 0 Å². The third-order valence-electron chi connectivity index (χ3n) is 3.37. The van der Waals surface area contributed by atoms with Gasteiger partial charge in [-0.25, -0.2) is 0 Å². The highest BCUT2D eigenvalue weighted by Crippen LogP contribution is 2.10. The van der Waals surface area contributed by atoms with Crippen molar-refractivity contribution in [3.63, 3.8) is 0 Å². The van der Waals surface area contributed by atoms with Crippen molar-refractivity contribution in [3.8, 4) is 0 Å². The van der Waals surface area contributed by atoms with E-state index in [2.05, 4.69) is 16.8 Å². The van der Waals surface area contributed by atoms with Gasteiger partial charge in [-0.3, -0.25) is 4.90 Å². The van der Waals surface area contributed by atoms with Crippen LogP contribution in [0.15, 0.2) is 16.7 Å². The van der Waals surface area contributed by atoms with Crippen LogP contribution in [0.3, 0.4) is 0 Å². The monoisotopic (exact) mass is 237 g/mol. The van der Waals surface area contributed by atoms with E-state index in [1.807, 2.05) is 6.07 Å². The van der Waals surface area contributed by atoms with Gasteiger partial charge in [-0.05, 0) is 39.0 Å². The number of hydrogen-bond acceptors (Lipinski definition) is 4. The first-order valence-corrected chi connectivity index (χ1v) is 6.45. The Bertz CT molecular complexity index is 331. The van der Waals surface area contributed by atoms with Crippen molar-refractivity contribution in [2.75, 3.05) is 33.2 Å². The molecule has 0 spiro atoms. The lowest BCUT2D eigenvalue weighted by atomic mass is 10.3. The Morgan fingerprint density at radius 1 is 1.41 bits per heavy atom. The minimum atomic E-state index is 0.557. The Hall–Kier alpha value is -0.840. The van der Waals surface area contributed by atoms with E-state index >= 15 is 0 Å². The molecule has 2 N–H and O–H groups in total. The van der Waals surface area contributed by atoms with E-state index in [9.17, 15) is 0 Å². The van der Waals surface area contributed by atoms with E-state index in [1.165, 1.54) is 32.5 Å². The molecular formula is C13H23N3O. The van der Waals surface area contributed by atoms with Crippen LogP contribution in [-0.4, -0.2) is 43.0 Å². The Morgan fingerprint density at radius 2 is 2.18 bits per heavy atom. The van der Waals surface area contributed by atoms with Gasteiger partial charge in [0.05, 0.1) is 12.8 Å². The Labute approximate surface area is 103 Å². The molecule has 0 aliphatic carbocycles. The van der Waals surface area contributed by atoms with E-state index < -0.39 is 0 Å². The lowest BCUT2D eigenvalue weighted by Crippen LogP contribution is -2.31. The topological polar surface area (TPSA) is 45.6 Å². The van der Waals surface area contributed by atoms with Gasteiger partial charge in [-0.2, -0.15) is 0 Å². The molecule has 1 aliphatic rings. The third-order valence-corrected chi connectivity index (χ3v) is 3.37. The molecule has 0 amide bonds. The standard InChI is InChI=1S/C13H23N3O/c1-15(6-7-16-4-2-3-5-16)10-13-8-12(9-14)11-17-13/h8,11H,2-7,9-10,14H2,1H3. The Morgan fingerprint density at radius 3 is 2.82 bits per heavy atom. The van der Waals surface area contributed by atoms with Crippen LogP contribution in [0.25, 0.3) is 0 Å². The fraction of sp³-hybridized carbons (Fsp3) is 0.692. The number of furan rings is 1. The van der Waals surface area contributed by atoms with Crippen molar-refractivity contribution in [1.29, 1.82) is 0 Å². The van der Waals surface area contributed by atoms with Gasteiger partial charge in [0.15, 0.2) is 0 Å². The van der Waals surface area contributed by atoms with Gasteiger partial charge >= 0.3 is 0 Å². The minimum absolute atomic E-state index is 0.557. The van der Waals surface area contributed by atoms with Gasteiger partial charge in [0, 0.05) is 25.2 Å². The lowest BCUT2D eigenvalue weighted by molar-refractivity contribution is 0.239. The first kappa shape index (κ1) is 12.6. The Kier molecular flexibility index (Phi) is 4.59. The van der Waals surface area contributed by atoms with Crippen molar-refractivity contribution >= 4 is 0 Å². The van der Waals surface area contributed by atoms with Gasteiger partial charge in [0.2, 0.25) is 0 Å². The molecule has 4 heteroatoms. The second-order valence-electron chi connectivity index (χ2n) is 4.91. The number of likely N-dealkylation sites (tertiary alicyclic amines) is 1. The normalized spacial score (nSPS) is 17.1. The summed E-state index contributed by atoms with van der Waals surface area (Å²) in [6, 6.07) is 2.05. The summed E-state index contributed by atoms with van der Waals surface area (Å²) < 4.78 is 5.46. The third kappa shape index (κ3) is 3.84. The van der Waals surface area contributed by atoms with E-state index in [-0.39, 0.29) is 0 Å². The summed E-state index contributed by atoms with van der Waals surface area (Å²) in [6.45, 7) is 6.23. The zero-order chi connectivity index (χ0) is 12.1. The summed E-state index contributed by atoms with van der Waals surface area (Å²) >= 11 is 0. The number of nitrogens with zero attached hydrogens (tertiary/aromatic N) is 2. The van der Waals surface area contributed by atoms with E-state index in [0.717, 1.165) is 24.4 Å². The van der Waals surface area contributed by atoms with Crippen molar-refractivity contribution in [2.45, 2.75) is 25.9 Å². The average Bonchev–Trinajstić information content (AvgIpc) is 2.97. The molecule has 17 heavy (non-hydrogen) atoms. The molecule has 1 aromatic rings. The maximum Gasteiger partial charge on any atom is 0.118 e. The first-order chi connectivity index (χ1) is 8.28. The molecule has 1 saturated heterocycles. The molecule has 0 unspecified atom stereocenters. The second-order valence-corrected chi connectivity index (χ2v) is 4.91. The molecule has 0 aromatic carbocycles. The van der Waals surface area contributed by atoms with Crippen molar-refractivity contribution < 1.29 is 4.42 Å². The van der Waals surface area contributed by atoms with Crippen molar-refractivity contribution in [2.24, 2.45) is 5.73 Å². The number of likely N-dealkylation sites (N-methyl/N-ethyl adjacent to an activating group) is 1. The fourth-order valence-corrected chi connectivity index (χ4v) is 2.28. The quantitative estimate of drug-likeness (QED) is 0.809. The maximum atomic E-state index is 5.56. The molecule has 2 rings (SSSR count). The van der Waals surface area contributed by atoms with Crippen LogP contribution < -0.4 is 5.73 Å². The highest BCUT2D eigenvalue weighted by atomic mass is 16.3. The fourth-order valence-electron chi connectivity index (χ4n) is 2.28. The highest BCUT2D eigenvalue weighted by Gasteiger charge is 2.12. The molecular weight excluding hydrogens is 214 g/mol. The lowest BCUT2D eigenvalue weighted by Gasteiger charge is -2.20. The largest absolute Gasteiger partial charge is 0.468 e. The van der Waals surface area contributed by atoms with Gasteiger partial charge in [0.25, 0.3) is 0 Å². The van der Waals surface area contributed by atoms with Crippen molar-refractivity contribution in [1.82, 2.24) is 9.80 Å². The second kappa shape index (κ2) is 6.19. The number of hydrogen-bond donors (Lipinski definition) is 1. The predicted molar refractivity (Wildman–Crippen MR) is 68.6 cm³/mol. The summed E-state index contributed by atoms with van der Waals surface area (Å²) in [7, 11) is 2.14. The summed E-state index contributed by atoms with van der Waals surface area (Å²) in [6.07, 6.45) is 4.48. The van der Waals surface area contributed by atoms with Gasteiger partial charge in [-0.1, -0.05) is 0 Å². The summed E-state index contributed by atoms with van der Waals surface area (Å²) in [5, 5.41) is 0. The van der Waals surface area contributed by atoms with Crippen LogP contribution in [0.5, 0.6) is 0 Å². The molecule has 0 saturated carbocycles. The first-order valence-electron chi connectivity index (χ1n) is 6.45. The molecule has 0 atom stereocenters. The summed E-state index contributed by atoms with van der Waals surface area (Å²) in [5.74, 6) is 1.01. The van der Waals surface area contributed by atoms with Crippen LogP contribution in [0.1, 0.15) is 24.2 Å². The molecule has 1 aliphatic heterocycles. The Balaban J connectivity index is 1.70. The van der Waals surface area contributed by atoms with Crippen LogP contribution in [0.2, 0.25) is 0 Å². The SMILES string of the molecule is CN(CCN1CCCC1)Cc1cc(CN)co1. The molecule has 0 bridgehead atoms.